The van der Waals surface area contributed by atoms with Crippen molar-refractivity contribution in [2.75, 3.05) is 0 Å². The minimum Gasteiger partial charge on any atom is -0.289 e. The maximum absolute atomic E-state index is 12.4. The molecule has 0 aliphatic heterocycles. The van der Waals surface area contributed by atoms with Gasteiger partial charge in [-0.05, 0) is 40.4 Å². The fourth-order valence-electron chi connectivity index (χ4n) is 3.05. The van der Waals surface area contributed by atoms with Gasteiger partial charge in [-0.2, -0.15) is 0 Å². The molecule has 0 spiro atoms. The van der Waals surface area contributed by atoms with Crippen LogP contribution in [0.3, 0.4) is 0 Å². The number of rotatable bonds is 0. The van der Waals surface area contributed by atoms with E-state index in [2.05, 4.69) is 0 Å². The van der Waals surface area contributed by atoms with Crippen LogP contribution in [0.5, 0.6) is 0 Å². The Morgan fingerprint density at radius 2 is 1.25 bits per heavy atom. The molecule has 4 heteroatoms. The number of fused-ring (bicyclic) bond motifs is 6. The van der Waals surface area contributed by atoms with Crippen LogP contribution >= 0.6 is 22.7 Å². The van der Waals surface area contributed by atoms with E-state index in [0.29, 0.717) is 0 Å². The van der Waals surface area contributed by atoms with Gasteiger partial charge in [0.1, 0.15) is 0 Å². The summed E-state index contributed by atoms with van der Waals surface area (Å²) in [4.78, 5) is 24.8. The van der Waals surface area contributed by atoms with Crippen molar-refractivity contribution >= 4 is 64.4 Å². The Bertz CT molecular complexity index is 1130. The Labute approximate surface area is 120 Å². The van der Waals surface area contributed by atoms with Crippen molar-refractivity contribution in [2.24, 2.45) is 0 Å². The minimum atomic E-state index is 0.0789. The molecule has 0 radical (unpaired) electrons. The average molecular weight is 294 g/mol. The lowest BCUT2D eigenvalue weighted by atomic mass is 10.1. The van der Waals surface area contributed by atoms with Crippen LogP contribution in [0.4, 0.5) is 0 Å². The third-order valence-corrected chi connectivity index (χ3v) is 5.82. The van der Waals surface area contributed by atoms with E-state index in [0.717, 1.165) is 41.7 Å². The number of hydrogen-bond acceptors (Lipinski definition) is 4. The van der Waals surface area contributed by atoms with E-state index in [1.54, 1.807) is 11.3 Å². The van der Waals surface area contributed by atoms with Gasteiger partial charge in [-0.3, -0.25) is 9.59 Å². The van der Waals surface area contributed by atoms with Gasteiger partial charge < -0.3 is 0 Å². The van der Waals surface area contributed by atoms with Gasteiger partial charge in [-0.25, -0.2) is 0 Å². The predicted octanol–water partition coefficient (Wildman–Crippen LogP) is 4.02. The largest absolute Gasteiger partial charge is 0.289 e. The number of thiophene rings is 2. The number of hydrogen-bond donors (Lipinski definition) is 0. The second-order valence-electron chi connectivity index (χ2n) is 4.93. The van der Waals surface area contributed by atoms with Crippen LogP contribution in [0.15, 0.2) is 44.6 Å². The van der Waals surface area contributed by atoms with Crippen LogP contribution in [0.2, 0.25) is 0 Å². The first kappa shape index (κ1) is 10.7. The van der Waals surface area contributed by atoms with Crippen LogP contribution in [0.1, 0.15) is 0 Å². The van der Waals surface area contributed by atoms with Gasteiger partial charge in [0.2, 0.25) is 5.43 Å². The Morgan fingerprint density at radius 3 is 2.10 bits per heavy atom. The molecular formula is C16H6O2S2. The molecule has 2 nitrogen and oxygen atoms in total. The SMILES string of the molecule is O=c1c2cc3c(cc2c2sccc12)c(=O)c1sccc13. The normalized spacial score (nSPS) is 12.4. The zero-order chi connectivity index (χ0) is 13.4. The van der Waals surface area contributed by atoms with Crippen LogP contribution in [0, 0.1) is 0 Å². The third-order valence-electron chi connectivity index (χ3n) is 3.96. The van der Waals surface area contributed by atoms with Crippen LogP contribution in [-0.2, 0) is 0 Å². The van der Waals surface area contributed by atoms with Crippen LogP contribution in [-0.4, -0.2) is 0 Å². The summed E-state index contributed by atoms with van der Waals surface area (Å²) in [7, 11) is 0. The third kappa shape index (κ3) is 1.06. The molecule has 5 rings (SSSR count). The molecule has 0 bridgehead atoms. The number of benzene rings is 1. The molecule has 0 unspecified atom stereocenters. The van der Waals surface area contributed by atoms with Crippen molar-refractivity contribution < 1.29 is 0 Å². The van der Waals surface area contributed by atoms with Crippen molar-refractivity contribution in [3.63, 3.8) is 0 Å². The quantitative estimate of drug-likeness (QED) is 0.432. The van der Waals surface area contributed by atoms with E-state index in [4.69, 9.17) is 0 Å². The van der Waals surface area contributed by atoms with Crippen molar-refractivity contribution in [1.82, 2.24) is 0 Å². The fourth-order valence-corrected chi connectivity index (χ4v) is 4.83. The highest BCUT2D eigenvalue weighted by Gasteiger charge is 2.17. The molecule has 0 N–H and O–H groups in total. The fraction of sp³-hybridized carbons (Fsp3) is 0. The molecule has 0 amide bonds. The van der Waals surface area contributed by atoms with Crippen LogP contribution in [0.25, 0.3) is 41.7 Å². The van der Waals surface area contributed by atoms with E-state index in [-0.39, 0.29) is 10.9 Å². The summed E-state index contributed by atoms with van der Waals surface area (Å²) in [5.41, 5.74) is 0.167. The Kier molecular flexibility index (Phi) is 1.79. The van der Waals surface area contributed by atoms with E-state index in [9.17, 15) is 9.59 Å². The monoisotopic (exact) mass is 294 g/mol. The van der Waals surface area contributed by atoms with Crippen LogP contribution < -0.4 is 10.9 Å². The van der Waals surface area contributed by atoms with Crippen molar-refractivity contribution in [3.8, 4) is 0 Å². The smallest absolute Gasteiger partial charge is 0.204 e. The van der Waals surface area contributed by atoms with Gasteiger partial charge in [0, 0.05) is 31.6 Å². The van der Waals surface area contributed by atoms with Gasteiger partial charge in [-0.15, -0.1) is 22.7 Å². The highest BCUT2D eigenvalue weighted by Crippen LogP contribution is 2.35. The minimum absolute atomic E-state index is 0.0789. The van der Waals surface area contributed by atoms with Gasteiger partial charge in [-0.1, -0.05) is 0 Å². The summed E-state index contributed by atoms with van der Waals surface area (Å²) in [5.74, 6) is 0. The highest BCUT2D eigenvalue weighted by molar-refractivity contribution is 7.18. The molecule has 0 saturated heterocycles. The molecule has 3 aromatic carbocycles. The van der Waals surface area contributed by atoms with Gasteiger partial charge in [0.05, 0.1) is 4.70 Å². The second kappa shape index (κ2) is 3.34. The molecule has 0 aliphatic carbocycles. The molecule has 0 fully saturated rings. The topological polar surface area (TPSA) is 34.1 Å². The molecule has 0 atom stereocenters. The predicted molar refractivity (Wildman–Crippen MR) is 87.1 cm³/mol. The van der Waals surface area contributed by atoms with E-state index >= 15 is 0 Å². The maximum atomic E-state index is 12.4. The van der Waals surface area contributed by atoms with Crippen molar-refractivity contribution in [2.45, 2.75) is 0 Å². The second-order valence-corrected chi connectivity index (χ2v) is 6.76. The average Bonchev–Trinajstić information content (AvgIpc) is 3.17. The van der Waals surface area contributed by atoms with Gasteiger partial charge in [0.25, 0.3) is 0 Å². The zero-order valence-corrected chi connectivity index (χ0v) is 11.7. The molecular weight excluding hydrogens is 288 g/mol. The Morgan fingerprint density at radius 1 is 0.600 bits per heavy atom. The highest BCUT2D eigenvalue weighted by atomic mass is 32.1. The molecule has 0 aliphatic rings. The molecule has 94 valence electrons. The van der Waals surface area contributed by atoms with Gasteiger partial charge in [0.15, 0.2) is 5.43 Å². The van der Waals surface area contributed by atoms with E-state index in [1.807, 2.05) is 35.0 Å². The first-order chi connectivity index (χ1) is 9.75. The molecule has 5 aromatic rings. The van der Waals surface area contributed by atoms with Crippen molar-refractivity contribution in [1.29, 1.82) is 0 Å². The Hall–Kier alpha value is -2.04. The Balaban J connectivity index is 2.20. The lowest BCUT2D eigenvalue weighted by Crippen LogP contribution is -1.94. The standard InChI is InChI=1S/C16H6O2S2/c17-13-8-2-4-19-15(8)12-6-10-9(5-11(12)13)7-1-3-20-16(7)14(10)18/h1-6H. The summed E-state index contributed by atoms with van der Waals surface area (Å²) in [6, 6.07) is 7.63. The first-order valence-electron chi connectivity index (χ1n) is 6.19. The summed E-state index contributed by atoms with van der Waals surface area (Å²) in [6.45, 7) is 0. The lowest BCUT2D eigenvalue weighted by Gasteiger charge is -1.92. The summed E-state index contributed by atoms with van der Waals surface area (Å²) < 4.78 is 1.79. The molecule has 0 saturated carbocycles. The zero-order valence-electron chi connectivity index (χ0n) is 10.1. The van der Waals surface area contributed by atoms with Crippen molar-refractivity contribution in [3.05, 3.63) is 55.5 Å². The van der Waals surface area contributed by atoms with Gasteiger partial charge >= 0.3 is 0 Å². The van der Waals surface area contributed by atoms with E-state index < -0.39 is 0 Å². The first-order valence-corrected chi connectivity index (χ1v) is 7.95. The van der Waals surface area contributed by atoms with E-state index in [1.165, 1.54) is 11.3 Å². The summed E-state index contributed by atoms with van der Waals surface area (Å²) >= 11 is 3.03. The lowest BCUT2D eigenvalue weighted by molar-refractivity contribution is 1.87. The molecule has 2 heterocycles. The summed E-state index contributed by atoms with van der Waals surface area (Å²) in [5, 5.41) is 8.90. The maximum Gasteiger partial charge on any atom is 0.204 e. The summed E-state index contributed by atoms with van der Waals surface area (Å²) in [6.07, 6.45) is 0. The molecule has 20 heavy (non-hydrogen) atoms. The molecule has 2 aromatic heterocycles.